The van der Waals surface area contributed by atoms with Crippen molar-refractivity contribution in [3.8, 4) is 0 Å². The molecule has 1 atom stereocenters. The molecule has 0 aliphatic carbocycles. The average molecular weight is 339 g/mol. The van der Waals surface area contributed by atoms with Crippen LogP contribution in [0.4, 0.5) is 0 Å². The third kappa shape index (κ3) is 3.75. The number of ether oxygens (including phenoxy) is 1. The largest absolute Gasteiger partial charge is 0.369 e. The fourth-order valence-electron chi connectivity index (χ4n) is 3.17. The molecule has 1 aliphatic heterocycles. The lowest BCUT2D eigenvalue weighted by atomic mass is 10.3. The zero-order valence-electron chi connectivity index (χ0n) is 13.5. The Balaban J connectivity index is 1.46. The molecule has 0 fully saturated rings. The summed E-state index contributed by atoms with van der Waals surface area (Å²) in [6, 6.07) is 14.6. The lowest BCUT2D eigenvalue weighted by Crippen LogP contribution is -2.32. The highest BCUT2D eigenvalue weighted by Crippen LogP contribution is 2.20. The van der Waals surface area contributed by atoms with Crippen molar-refractivity contribution in [1.82, 2.24) is 14.5 Å². The third-order valence-electron chi connectivity index (χ3n) is 4.32. The molecule has 0 aromatic carbocycles. The Hall–Kier alpha value is -1.95. The van der Waals surface area contributed by atoms with Crippen molar-refractivity contribution in [1.29, 1.82) is 0 Å². The smallest absolute Gasteiger partial charge is 0.0893 e. The Labute approximate surface area is 146 Å². The summed E-state index contributed by atoms with van der Waals surface area (Å²) < 4.78 is 8.52. The van der Waals surface area contributed by atoms with Crippen LogP contribution in [0, 0.1) is 0 Å². The topological polar surface area (TPSA) is 30.3 Å². The van der Waals surface area contributed by atoms with Gasteiger partial charge in [0.25, 0.3) is 0 Å². The molecule has 1 aliphatic rings. The number of hydrogen-bond donors (Lipinski definition) is 0. The minimum absolute atomic E-state index is 0.167. The van der Waals surface area contributed by atoms with Gasteiger partial charge in [-0.25, -0.2) is 0 Å². The van der Waals surface area contributed by atoms with Gasteiger partial charge in [0.05, 0.1) is 18.4 Å². The molecule has 3 aromatic rings. The minimum atomic E-state index is 0.167. The van der Waals surface area contributed by atoms with Gasteiger partial charge in [0.1, 0.15) is 0 Å². The van der Waals surface area contributed by atoms with Crippen LogP contribution < -0.4 is 0 Å². The lowest BCUT2D eigenvalue weighted by Gasteiger charge is -2.23. The fraction of sp³-hybridized carbons (Fsp3) is 0.316. The molecular formula is C19H21N3OS. The number of aromatic nitrogens is 2. The molecule has 4 nitrogen and oxygen atoms in total. The predicted molar refractivity (Wildman–Crippen MR) is 95.7 cm³/mol. The van der Waals surface area contributed by atoms with Crippen LogP contribution in [-0.4, -0.2) is 27.1 Å². The van der Waals surface area contributed by atoms with Crippen LogP contribution in [-0.2, 0) is 31.0 Å². The molecule has 0 bridgehead atoms. The zero-order chi connectivity index (χ0) is 16.2. The van der Waals surface area contributed by atoms with Crippen LogP contribution in [0.5, 0.6) is 0 Å². The van der Waals surface area contributed by atoms with Gasteiger partial charge in [-0.15, -0.1) is 11.3 Å². The van der Waals surface area contributed by atoms with Crippen molar-refractivity contribution in [3.63, 3.8) is 0 Å². The van der Waals surface area contributed by atoms with Gasteiger partial charge in [-0.3, -0.25) is 9.88 Å². The quantitative estimate of drug-likeness (QED) is 0.712. The summed E-state index contributed by atoms with van der Waals surface area (Å²) in [5, 5.41) is 2.14. The van der Waals surface area contributed by atoms with Gasteiger partial charge < -0.3 is 9.30 Å². The summed E-state index contributed by atoms with van der Waals surface area (Å²) in [4.78, 5) is 8.24. The van der Waals surface area contributed by atoms with Crippen LogP contribution in [0.15, 0.2) is 60.2 Å². The second kappa shape index (κ2) is 7.30. The molecular weight excluding hydrogens is 318 g/mol. The molecule has 5 heteroatoms. The monoisotopic (exact) mass is 339 g/mol. The van der Waals surface area contributed by atoms with Gasteiger partial charge in [-0.2, -0.15) is 0 Å². The van der Waals surface area contributed by atoms with E-state index in [9.17, 15) is 0 Å². The Kier molecular flexibility index (Phi) is 4.74. The highest BCUT2D eigenvalue weighted by atomic mass is 32.1. The number of thiophene rings is 1. The van der Waals surface area contributed by atoms with Crippen molar-refractivity contribution in [3.05, 3.63) is 76.5 Å². The Morgan fingerprint density at radius 1 is 1.12 bits per heavy atom. The van der Waals surface area contributed by atoms with Gasteiger partial charge in [0, 0.05) is 49.1 Å². The van der Waals surface area contributed by atoms with E-state index in [2.05, 4.69) is 50.3 Å². The molecule has 0 spiro atoms. The summed E-state index contributed by atoms with van der Waals surface area (Å²) in [7, 11) is 0. The summed E-state index contributed by atoms with van der Waals surface area (Å²) in [6.45, 7) is 4.35. The normalized spacial score (nSPS) is 18.2. The first-order chi connectivity index (χ1) is 11.9. The zero-order valence-corrected chi connectivity index (χ0v) is 14.4. The molecule has 0 amide bonds. The van der Waals surface area contributed by atoms with E-state index in [1.165, 1.54) is 10.6 Å². The van der Waals surface area contributed by atoms with Crippen LogP contribution in [0.25, 0.3) is 0 Å². The summed E-state index contributed by atoms with van der Waals surface area (Å²) in [6.07, 6.45) is 4.14. The van der Waals surface area contributed by atoms with Crippen LogP contribution in [0.2, 0.25) is 0 Å². The molecule has 0 saturated heterocycles. The van der Waals surface area contributed by atoms with E-state index in [0.717, 1.165) is 31.9 Å². The molecule has 4 heterocycles. The molecule has 0 N–H and O–H groups in total. The number of fused-ring (bicyclic) bond motifs is 1. The maximum absolute atomic E-state index is 6.20. The fourth-order valence-corrected chi connectivity index (χ4v) is 3.91. The predicted octanol–water partition coefficient (Wildman–Crippen LogP) is 3.55. The SMILES string of the molecule is c1ccc(CO[C@@H]2CN(Cc3cccs3)Cc3cccn3C2)nc1. The van der Waals surface area contributed by atoms with E-state index in [4.69, 9.17) is 4.74 Å². The van der Waals surface area contributed by atoms with Gasteiger partial charge >= 0.3 is 0 Å². The first kappa shape index (κ1) is 15.6. The van der Waals surface area contributed by atoms with Gasteiger partial charge in [0.15, 0.2) is 0 Å². The van der Waals surface area contributed by atoms with Crippen LogP contribution in [0.3, 0.4) is 0 Å². The van der Waals surface area contributed by atoms with Crippen molar-refractivity contribution in [2.75, 3.05) is 6.54 Å². The Morgan fingerprint density at radius 3 is 2.96 bits per heavy atom. The first-order valence-electron chi connectivity index (χ1n) is 8.27. The maximum Gasteiger partial charge on any atom is 0.0893 e. The highest BCUT2D eigenvalue weighted by Gasteiger charge is 2.22. The van der Waals surface area contributed by atoms with Crippen molar-refractivity contribution in [2.45, 2.75) is 32.3 Å². The van der Waals surface area contributed by atoms with E-state index in [1.807, 2.05) is 35.7 Å². The molecule has 4 rings (SSSR count). The van der Waals surface area contributed by atoms with E-state index in [0.29, 0.717) is 6.61 Å². The highest BCUT2D eigenvalue weighted by molar-refractivity contribution is 7.09. The second-order valence-electron chi connectivity index (χ2n) is 6.15. The second-order valence-corrected chi connectivity index (χ2v) is 7.19. The summed E-state index contributed by atoms with van der Waals surface area (Å²) in [5.41, 5.74) is 2.34. The maximum atomic E-state index is 6.20. The van der Waals surface area contributed by atoms with Crippen molar-refractivity contribution >= 4 is 11.3 Å². The summed E-state index contributed by atoms with van der Waals surface area (Å²) >= 11 is 1.82. The number of pyridine rings is 1. The number of rotatable bonds is 5. The van der Waals surface area contributed by atoms with Gasteiger partial charge in [0.2, 0.25) is 0 Å². The van der Waals surface area contributed by atoms with E-state index >= 15 is 0 Å². The Bertz CT molecular complexity index is 754. The molecule has 24 heavy (non-hydrogen) atoms. The Morgan fingerprint density at radius 2 is 2.12 bits per heavy atom. The molecule has 3 aromatic heterocycles. The lowest BCUT2D eigenvalue weighted by molar-refractivity contribution is 0.00742. The van der Waals surface area contributed by atoms with E-state index in [1.54, 1.807) is 0 Å². The van der Waals surface area contributed by atoms with E-state index < -0.39 is 0 Å². The van der Waals surface area contributed by atoms with Crippen LogP contribution >= 0.6 is 11.3 Å². The van der Waals surface area contributed by atoms with Gasteiger partial charge in [-0.1, -0.05) is 12.1 Å². The van der Waals surface area contributed by atoms with Crippen LogP contribution in [0.1, 0.15) is 16.3 Å². The van der Waals surface area contributed by atoms with Crippen molar-refractivity contribution < 1.29 is 4.74 Å². The molecule has 124 valence electrons. The number of nitrogens with zero attached hydrogens (tertiary/aromatic N) is 3. The minimum Gasteiger partial charge on any atom is -0.369 e. The molecule has 0 saturated carbocycles. The van der Waals surface area contributed by atoms with Crippen molar-refractivity contribution in [2.24, 2.45) is 0 Å². The third-order valence-corrected chi connectivity index (χ3v) is 5.19. The standard InChI is InChI=1S/C19H21N3OS/c1-2-8-20-16(5-1)15-23-18-12-21(14-19-7-4-10-24-19)11-17-6-3-9-22(17)13-18/h1-10,18H,11-15H2/t18-/m1/s1. The van der Waals surface area contributed by atoms with E-state index in [-0.39, 0.29) is 6.10 Å². The summed E-state index contributed by atoms with van der Waals surface area (Å²) in [5.74, 6) is 0. The number of hydrogen-bond acceptors (Lipinski definition) is 4. The molecule has 0 radical (unpaired) electrons. The van der Waals surface area contributed by atoms with Gasteiger partial charge in [-0.05, 0) is 35.7 Å². The molecule has 0 unspecified atom stereocenters. The first-order valence-corrected chi connectivity index (χ1v) is 9.15. The average Bonchev–Trinajstić information content (AvgIpc) is 3.23.